The summed E-state index contributed by atoms with van der Waals surface area (Å²) in [5.74, 6) is 2.22. The monoisotopic (exact) mass is 375 g/mol. The van der Waals surface area contributed by atoms with E-state index in [0.717, 1.165) is 23.5 Å². The topological polar surface area (TPSA) is 56.8 Å². The van der Waals surface area contributed by atoms with Gasteiger partial charge in [0.05, 0.1) is 11.6 Å². The van der Waals surface area contributed by atoms with Crippen molar-refractivity contribution in [1.29, 1.82) is 0 Å². The summed E-state index contributed by atoms with van der Waals surface area (Å²) in [6, 6.07) is 13.2. The second-order valence-corrected chi connectivity index (χ2v) is 6.37. The number of nitrogens with one attached hydrogen (secondary N) is 1. The van der Waals surface area contributed by atoms with Gasteiger partial charge in [0, 0.05) is 13.0 Å². The van der Waals surface area contributed by atoms with Crippen LogP contribution in [0.25, 0.3) is 0 Å². The second-order valence-electron chi connectivity index (χ2n) is 5.96. The van der Waals surface area contributed by atoms with Gasteiger partial charge in [-0.2, -0.15) is 0 Å². The second kappa shape index (κ2) is 9.34. The van der Waals surface area contributed by atoms with Crippen LogP contribution in [0.1, 0.15) is 18.4 Å². The van der Waals surface area contributed by atoms with Crippen molar-refractivity contribution >= 4 is 17.5 Å². The van der Waals surface area contributed by atoms with Crippen molar-refractivity contribution in [3.63, 3.8) is 0 Å². The minimum absolute atomic E-state index is 0.0188. The molecule has 3 rings (SSSR count). The normalized spacial score (nSPS) is 12.5. The number of ether oxygens (including phenoxy) is 3. The Morgan fingerprint density at radius 3 is 2.77 bits per heavy atom. The Morgan fingerprint density at radius 1 is 1.12 bits per heavy atom. The number of rotatable bonds is 8. The van der Waals surface area contributed by atoms with E-state index in [1.807, 2.05) is 36.4 Å². The van der Waals surface area contributed by atoms with Crippen molar-refractivity contribution in [2.24, 2.45) is 0 Å². The summed E-state index contributed by atoms with van der Waals surface area (Å²) in [6.07, 6.45) is 1.81. The zero-order chi connectivity index (χ0) is 18.2. The van der Waals surface area contributed by atoms with Gasteiger partial charge >= 0.3 is 0 Å². The van der Waals surface area contributed by atoms with E-state index in [4.69, 9.17) is 25.8 Å². The molecule has 2 aromatic carbocycles. The van der Waals surface area contributed by atoms with Gasteiger partial charge in [0.25, 0.3) is 0 Å². The maximum Gasteiger partial charge on any atom is 0.220 e. The summed E-state index contributed by atoms with van der Waals surface area (Å²) in [7, 11) is 0. The van der Waals surface area contributed by atoms with Gasteiger partial charge in [-0.15, -0.1) is 0 Å². The summed E-state index contributed by atoms with van der Waals surface area (Å²) in [4.78, 5) is 11.9. The van der Waals surface area contributed by atoms with E-state index in [9.17, 15) is 4.79 Å². The predicted molar refractivity (Wildman–Crippen MR) is 100 cm³/mol. The molecule has 0 spiro atoms. The van der Waals surface area contributed by atoms with E-state index >= 15 is 0 Å². The van der Waals surface area contributed by atoms with E-state index < -0.39 is 0 Å². The summed E-state index contributed by atoms with van der Waals surface area (Å²) in [5, 5.41) is 3.51. The molecule has 0 saturated heterocycles. The molecule has 1 aliphatic rings. The lowest BCUT2D eigenvalue weighted by molar-refractivity contribution is -0.121. The zero-order valence-electron chi connectivity index (χ0n) is 14.5. The smallest absolute Gasteiger partial charge is 0.220 e. The summed E-state index contributed by atoms with van der Waals surface area (Å²) >= 11 is 6.02. The third-order valence-electron chi connectivity index (χ3n) is 3.98. The first-order chi connectivity index (χ1) is 12.7. The summed E-state index contributed by atoms with van der Waals surface area (Å²) in [6.45, 7) is 2.20. The third kappa shape index (κ3) is 5.30. The van der Waals surface area contributed by atoms with Crippen LogP contribution < -0.4 is 19.5 Å². The average molecular weight is 376 g/mol. The number of fused-ring (bicyclic) bond motifs is 1. The van der Waals surface area contributed by atoms with Crippen LogP contribution in [0, 0.1) is 0 Å². The maximum atomic E-state index is 11.9. The number of amides is 1. The minimum Gasteiger partial charge on any atom is -0.492 e. The van der Waals surface area contributed by atoms with Crippen LogP contribution in [0.4, 0.5) is 0 Å². The van der Waals surface area contributed by atoms with Crippen LogP contribution in [0.2, 0.25) is 5.02 Å². The van der Waals surface area contributed by atoms with Crippen LogP contribution in [-0.4, -0.2) is 32.3 Å². The van der Waals surface area contributed by atoms with E-state index in [0.29, 0.717) is 50.0 Å². The highest BCUT2D eigenvalue weighted by atomic mass is 35.5. The van der Waals surface area contributed by atoms with E-state index in [-0.39, 0.29) is 5.91 Å². The molecule has 0 fully saturated rings. The van der Waals surface area contributed by atoms with Crippen molar-refractivity contribution in [3.05, 3.63) is 53.1 Å². The third-order valence-corrected chi connectivity index (χ3v) is 4.30. The number of carbonyl (C=O) groups is 1. The molecule has 26 heavy (non-hydrogen) atoms. The molecule has 1 heterocycles. The van der Waals surface area contributed by atoms with Gasteiger partial charge in [0.1, 0.15) is 19.0 Å². The lowest BCUT2D eigenvalue weighted by atomic mass is 10.1. The number of hydrogen-bond acceptors (Lipinski definition) is 4. The minimum atomic E-state index is 0.0188. The van der Waals surface area contributed by atoms with Crippen molar-refractivity contribution < 1.29 is 19.0 Å². The van der Waals surface area contributed by atoms with E-state index in [1.165, 1.54) is 0 Å². The number of para-hydroxylation sites is 1. The molecule has 0 unspecified atom stereocenters. The van der Waals surface area contributed by atoms with Crippen LogP contribution in [0.5, 0.6) is 17.2 Å². The molecule has 0 aromatic heterocycles. The van der Waals surface area contributed by atoms with E-state index in [2.05, 4.69) is 5.32 Å². The Hall–Kier alpha value is -2.40. The summed E-state index contributed by atoms with van der Waals surface area (Å²) in [5.41, 5.74) is 1.11. The number of carbonyl (C=O) groups excluding carboxylic acids is 1. The lowest BCUT2D eigenvalue weighted by Crippen LogP contribution is -2.25. The molecule has 138 valence electrons. The van der Waals surface area contributed by atoms with Crippen LogP contribution >= 0.6 is 11.6 Å². The Morgan fingerprint density at radius 2 is 1.92 bits per heavy atom. The molecule has 0 saturated carbocycles. The first-order valence-corrected chi connectivity index (χ1v) is 9.13. The van der Waals surface area contributed by atoms with Crippen molar-refractivity contribution in [1.82, 2.24) is 5.32 Å². The fourth-order valence-electron chi connectivity index (χ4n) is 2.65. The van der Waals surface area contributed by atoms with Crippen LogP contribution in [0.3, 0.4) is 0 Å². The fourth-order valence-corrected chi connectivity index (χ4v) is 2.84. The molecule has 0 atom stereocenters. The molecule has 1 N–H and O–H groups in total. The summed E-state index contributed by atoms with van der Waals surface area (Å²) < 4.78 is 16.6. The van der Waals surface area contributed by atoms with Gasteiger partial charge in [-0.05, 0) is 42.7 Å². The Kier molecular flexibility index (Phi) is 6.61. The van der Waals surface area contributed by atoms with Gasteiger partial charge in [0.2, 0.25) is 5.91 Å². The Bertz CT molecular complexity index is 750. The highest BCUT2D eigenvalue weighted by molar-refractivity contribution is 6.32. The first-order valence-electron chi connectivity index (χ1n) is 8.75. The van der Waals surface area contributed by atoms with Crippen molar-refractivity contribution in [2.45, 2.75) is 19.3 Å². The van der Waals surface area contributed by atoms with Crippen LogP contribution in [-0.2, 0) is 11.2 Å². The number of hydrogen-bond donors (Lipinski definition) is 1. The largest absolute Gasteiger partial charge is 0.492 e. The Balaban J connectivity index is 1.32. The Labute approximate surface area is 158 Å². The molecule has 1 amide bonds. The zero-order valence-corrected chi connectivity index (χ0v) is 15.3. The van der Waals surface area contributed by atoms with Crippen LogP contribution in [0.15, 0.2) is 42.5 Å². The first kappa shape index (κ1) is 18.4. The predicted octanol–water partition coefficient (Wildman–Crippen LogP) is 3.63. The van der Waals surface area contributed by atoms with Gasteiger partial charge in [-0.3, -0.25) is 4.79 Å². The lowest BCUT2D eigenvalue weighted by Gasteiger charge is -2.18. The number of benzene rings is 2. The standard InChI is InChI=1S/C20H22ClNO4/c21-16-4-1-2-5-17(16)24-11-3-6-20(23)22-10-9-15-7-8-18-19(14-15)26-13-12-25-18/h1-2,4-5,7-8,14H,3,6,9-13H2,(H,22,23). The van der Waals surface area contributed by atoms with Crippen molar-refractivity contribution in [3.8, 4) is 17.2 Å². The van der Waals surface area contributed by atoms with E-state index in [1.54, 1.807) is 6.07 Å². The molecular weight excluding hydrogens is 354 g/mol. The van der Waals surface area contributed by atoms with Gasteiger partial charge < -0.3 is 19.5 Å². The maximum absolute atomic E-state index is 11.9. The molecule has 6 heteroatoms. The number of halogens is 1. The van der Waals surface area contributed by atoms with Gasteiger partial charge in [-0.25, -0.2) is 0 Å². The highest BCUT2D eigenvalue weighted by Gasteiger charge is 2.11. The molecule has 0 radical (unpaired) electrons. The molecule has 5 nitrogen and oxygen atoms in total. The molecule has 2 aromatic rings. The molecule has 0 aliphatic carbocycles. The molecule has 0 bridgehead atoms. The quantitative estimate of drug-likeness (QED) is 0.716. The molecule has 1 aliphatic heterocycles. The average Bonchev–Trinajstić information content (AvgIpc) is 2.66. The molecular formula is C20H22ClNO4. The highest BCUT2D eigenvalue weighted by Crippen LogP contribution is 2.30. The van der Waals surface area contributed by atoms with Crippen molar-refractivity contribution in [2.75, 3.05) is 26.4 Å². The van der Waals surface area contributed by atoms with Gasteiger partial charge in [0.15, 0.2) is 11.5 Å². The fraction of sp³-hybridized carbons (Fsp3) is 0.350. The SMILES string of the molecule is O=C(CCCOc1ccccc1Cl)NCCc1ccc2c(c1)OCCO2. The van der Waals surface area contributed by atoms with Gasteiger partial charge in [-0.1, -0.05) is 29.8 Å².